The summed E-state index contributed by atoms with van der Waals surface area (Å²) in [6.07, 6.45) is 4.99. The second-order valence-electron chi connectivity index (χ2n) is 3.77. The van der Waals surface area contributed by atoms with E-state index in [9.17, 15) is 0 Å². The van der Waals surface area contributed by atoms with Gasteiger partial charge in [-0.05, 0) is 13.0 Å². The summed E-state index contributed by atoms with van der Waals surface area (Å²) in [5.41, 5.74) is 8.46. The molecule has 0 bridgehead atoms. The summed E-state index contributed by atoms with van der Waals surface area (Å²) in [5, 5.41) is 2.77. The Bertz CT molecular complexity index is 675. The second-order valence-corrected chi connectivity index (χ2v) is 4.62. The number of hydrogen-bond acceptors (Lipinski definition) is 6. The number of nitrogens with two attached hydrogens (primary N) is 1. The lowest BCUT2D eigenvalue weighted by molar-refractivity contribution is 0.568. The minimum Gasteiger partial charge on any atom is -0.472 e. The molecule has 3 rings (SSSR count). The van der Waals surface area contributed by atoms with E-state index in [2.05, 4.69) is 15.0 Å². The highest BCUT2D eigenvalue weighted by molar-refractivity contribution is 7.13. The molecule has 0 radical (unpaired) electrons. The van der Waals surface area contributed by atoms with Gasteiger partial charge in [-0.15, -0.1) is 11.3 Å². The van der Waals surface area contributed by atoms with Gasteiger partial charge in [-0.2, -0.15) is 0 Å². The average molecular weight is 258 g/mol. The minimum atomic E-state index is 0.454. The Morgan fingerprint density at radius 2 is 2.22 bits per heavy atom. The first-order valence-corrected chi connectivity index (χ1v) is 6.19. The largest absolute Gasteiger partial charge is 0.472 e. The predicted octanol–water partition coefficient (Wildman–Crippen LogP) is 2.75. The molecule has 0 aliphatic carbocycles. The Hall–Kier alpha value is -2.21. The fourth-order valence-electron chi connectivity index (χ4n) is 1.59. The molecule has 5 nitrogen and oxygen atoms in total. The third-order valence-corrected chi connectivity index (χ3v) is 3.37. The number of anilines is 1. The molecule has 3 aromatic heterocycles. The summed E-state index contributed by atoms with van der Waals surface area (Å²) in [6, 6.07) is 1.87. The summed E-state index contributed by atoms with van der Waals surface area (Å²) in [5.74, 6) is 1.11. The number of aryl methyl sites for hydroxylation is 1. The van der Waals surface area contributed by atoms with Gasteiger partial charge < -0.3 is 10.2 Å². The highest BCUT2D eigenvalue weighted by atomic mass is 32.1. The van der Waals surface area contributed by atoms with Crippen LogP contribution in [0.25, 0.3) is 21.8 Å². The Balaban J connectivity index is 2.03. The van der Waals surface area contributed by atoms with Gasteiger partial charge >= 0.3 is 0 Å². The van der Waals surface area contributed by atoms with Crippen molar-refractivity contribution in [1.29, 1.82) is 0 Å². The minimum absolute atomic E-state index is 0.454. The van der Waals surface area contributed by atoms with Crippen LogP contribution in [0, 0.1) is 6.92 Å². The number of rotatable bonds is 2. The highest BCUT2D eigenvalue weighted by Gasteiger charge is 2.11. The van der Waals surface area contributed by atoms with Crippen molar-refractivity contribution >= 4 is 17.2 Å². The van der Waals surface area contributed by atoms with Crippen LogP contribution in [0.4, 0.5) is 5.82 Å². The lowest BCUT2D eigenvalue weighted by Crippen LogP contribution is -1.97. The normalized spacial score (nSPS) is 10.7. The Morgan fingerprint density at radius 1 is 1.33 bits per heavy atom. The average Bonchev–Trinajstić information content (AvgIpc) is 2.99. The molecular formula is C12H10N4OS. The Kier molecular flexibility index (Phi) is 2.56. The molecule has 0 aromatic carbocycles. The Labute approximate surface area is 107 Å². The van der Waals surface area contributed by atoms with Gasteiger partial charge in [0.15, 0.2) is 0 Å². The van der Waals surface area contributed by atoms with Crippen LogP contribution in [0.3, 0.4) is 0 Å². The van der Waals surface area contributed by atoms with Crippen LogP contribution in [0.1, 0.15) is 5.82 Å². The lowest BCUT2D eigenvalue weighted by atomic mass is 10.2. The molecule has 2 N–H and O–H groups in total. The SMILES string of the molecule is Cc1ncc(-c2nc(-c3ccoc3)cs2)c(N)n1. The summed E-state index contributed by atoms with van der Waals surface area (Å²) in [4.78, 5) is 12.8. The van der Waals surface area contributed by atoms with Crippen LogP contribution in [0.15, 0.2) is 34.6 Å². The maximum absolute atomic E-state index is 5.88. The van der Waals surface area contributed by atoms with Crippen LogP contribution in [-0.2, 0) is 0 Å². The third-order valence-electron chi connectivity index (χ3n) is 2.49. The molecule has 0 unspecified atom stereocenters. The molecule has 3 heterocycles. The van der Waals surface area contributed by atoms with Crippen molar-refractivity contribution in [1.82, 2.24) is 15.0 Å². The third kappa shape index (κ3) is 1.86. The summed E-state index contributed by atoms with van der Waals surface area (Å²) in [6.45, 7) is 1.80. The Morgan fingerprint density at radius 3 is 2.94 bits per heavy atom. The van der Waals surface area contributed by atoms with E-state index in [4.69, 9.17) is 10.2 Å². The molecular weight excluding hydrogens is 248 g/mol. The summed E-state index contributed by atoms with van der Waals surface area (Å²) >= 11 is 1.51. The molecule has 0 saturated carbocycles. The van der Waals surface area contributed by atoms with Gasteiger partial charge in [0, 0.05) is 17.1 Å². The van der Waals surface area contributed by atoms with E-state index >= 15 is 0 Å². The molecule has 0 aliphatic rings. The number of aromatic nitrogens is 3. The maximum Gasteiger partial charge on any atom is 0.137 e. The molecule has 0 spiro atoms. The van der Waals surface area contributed by atoms with Crippen molar-refractivity contribution in [3.8, 4) is 21.8 Å². The zero-order chi connectivity index (χ0) is 12.5. The van der Waals surface area contributed by atoms with E-state index in [1.807, 2.05) is 11.4 Å². The number of nitrogen functional groups attached to an aromatic ring is 1. The van der Waals surface area contributed by atoms with Crippen molar-refractivity contribution < 1.29 is 4.42 Å². The number of hydrogen-bond donors (Lipinski definition) is 1. The lowest BCUT2D eigenvalue weighted by Gasteiger charge is -2.00. The molecule has 0 atom stereocenters. The van der Waals surface area contributed by atoms with Crippen LogP contribution >= 0.6 is 11.3 Å². The van der Waals surface area contributed by atoms with Crippen molar-refractivity contribution in [2.24, 2.45) is 0 Å². The van der Waals surface area contributed by atoms with Crippen LogP contribution in [0.2, 0.25) is 0 Å². The van der Waals surface area contributed by atoms with E-state index in [0.717, 1.165) is 21.8 Å². The van der Waals surface area contributed by atoms with E-state index < -0.39 is 0 Å². The maximum atomic E-state index is 5.88. The zero-order valence-corrected chi connectivity index (χ0v) is 10.4. The summed E-state index contributed by atoms with van der Waals surface area (Å²) in [7, 11) is 0. The molecule has 18 heavy (non-hydrogen) atoms. The van der Waals surface area contributed by atoms with Crippen LogP contribution in [-0.4, -0.2) is 15.0 Å². The van der Waals surface area contributed by atoms with Crippen molar-refractivity contribution in [3.05, 3.63) is 36.0 Å². The molecule has 6 heteroatoms. The van der Waals surface area contributed by atoms with Crippen LogP contribution < -0.4 is 5.73 Å². The first-order valence-electron chi connectivity index (χ1n) is 5.31. The van der Waals surface area contributed by atoms with E-state index in [0.29, 0.717) is 11.6 Å². The van der Waals surface area contributed by atoms with Crippen molar-refractivity contribution in [3.63, 3.8) is 0 Å². The zero-order valence-electron chi connectivity index (χ0n) is 9.62. The molecule has 0 saturated heterocycles. The standard InChI is InChI=1S/C12H10N4OS/c1-7-14-4-9(11(13)15-7)12-16-10(6-18-12)8-2-3-17-5-8/h2-6H,1H3,(H2,13,14,15). The van der Waals surface area contributed by atoms with Gasteiger partial charge in [-0.1, -0.05) is 0 Å². The van der Waals surface area contributed by atoms with Crippen molar-refractivity contribution in [2.45, 2.75) is 6.92 Å². The first kappa shape index (κ1) is 10.9. The van der Waals surface area contributed by atoms with Gasteiger partial charge in [0.2, 0.25) is 0 Å². The number of thiazole rings is 1. The number of nitrogens with zero attached hydrogens (tertiary/aromatic N) is 3. The van der Waals surface area contributed by atoms with Gasteiger partial charge in [-0.25, -0.2) is 15.0 Å². The summed E-state index contributed by atoms with van der Waals surface area (Å²) < 4.78 is 5.04. The predicted molar refractivity (Wildman–Crippen MR) is 70.0 cm³/mol. The molecule has 90 valence electrons. The van der Waals surface area contributed by atoms with Gasteiger partial charge in [0.25, 0.3) is 0 Å². The smallest absolute Gasteiger partial charge is 0.137 e. The van der Waals surface area contributed by atoms with E-state index in [1.54, 1.807) is 25.6 Å². The highest BCUT2D eigenvalue weighted by Crippen LogP contribution is 2.30. The fraction of sp³-hybridized carbons (Fsp3) is 0.0833. The van der Waals surface area contributed by atoms with Gasteiger partial charge in [-0.3, -0.25) is 0 Å². The van der Waals surface area contributed by atoms with E-state index in [-0.39, 0.29) is 0 Å². The van der Waals surface area contributed by atoms with Gasteiger partial charge in [0.05, 0.1) is 23.8 Å². The molecule has 0 fully saturated rings. The van der Waals surface area contributed by atoms with Crippen molar-refractivity contribution in [2.75, 3.05) is 5.73 Å². The number of furan rings is 1. The molecule has 0 amide bonds. The van der Waals surface area contributed by atoms with Gasteiger partial charge in [0.1, 0.15) is 16.6 Å². The topological polar surface area (TPSA) is 77.8 Å². The molecule has 0 aliphatic heterocycles. The van der Waals surface area contributed by atoms with E-state index in [1.165, 1.54) is 11.3 Å². The second kappa shape index (κ2) is 4.23. The molecule has 3 aromatic rings. The van der Waals surface area contributed by atoms with Crippen LogP contribution in [0.5, 0.6) is 0 Å². The first-order chi connectivity index (χ1) is 8.74. The monoisotopic (exact) mass is 258 g/mol. The fourth-order valence-corrected chi connectivity index (χ4v) is 2.44. The quantitative estimate of drug-likeness (QED) is 0.764.